The molecule has 9 heteroatoms. The first-order valence-electron chi connectivity index (χ1n) is 11.1. The summed E-state index contributed by atoms with van der Waals surface area (Å²) < 4.78 is 15.4. The molecule has 7 nitrogen and oxygen atoms in total. The van der Waals surface area contributed by atoms with Gasteiger partial charge in [0.1, 0.15) is 5.82 Å². The lowest BCUT2D eigenvalue weighted by Crippen LogP contribution is -2.40. The summed E-state index contributed by atoms with van der Waals surface area (Å²) in [7, 11) is 2.00. The maximum Gasteiger partial charge on any atom is 0.226 e. The van der Waals surface area contributed by atoms with Gasteiger partial charge < -0.3 is 10.2 Å². The second kappa shape index (κ2) is 9.12. The monoisotopic (exact) mass is 478 g/mol. The SMILES string of the molecule is Cc1cc(-n2ncc3cc(CC(=O)N[C@H]4CN(C)C[C@@H]4c4ccc(F)c(Cl)c4)ncc32)ccn1. The molecule has 4 aromatic rings. The van der Waals surface area contributed by atoms with Gasteiger partial charge in [-0.3, -0.25) is 14.8 Å². The highest BCUT2D eigenvalue weighted by atomic mass is 35.5. The van der Waals surface area contributed by atoms with Crippen molar-refractivity contribution in [2.75, 3.05) is 20.1 Å². The average Bonchev–Trinajstić information content (AvgIpc) is 3.38. The molecule has 1 fully saturated rings. The first kappa shape index (κ1) is 22.4. The van der Waals surface area contributed by atoms with E-state index in [1.54, 1.807) is 30.7 Å². The molecule has 1 aliphatic heterocycles. The van der Waals surface area contributed by atoms with E-state index in [9.17, 15) is 9.18 Å². The Morgan fingerprint density at radius 2 is 2.03 bits per heavy atom. The van der Waals surface area contributed by atoms with Crippen molar-refractivity contribution in [3.05, 3.63) is 82.8 Å². The van der Waals surface area contributed by atoms with Crippen LogP contribution in [0.1, 0.15) is 22.9 Å². The fraction of sp³-hybridized carbons (Fsp3) is 0.280. The molecular formula is C25H24ClFN6O. The number of benzene rings is 1. The van der Waals surface area contributed by atoms with Crippen molar-refractivity contribution < 1.29 is 9.18 Å². The van der Waals surface area contributed by atoms with Crippen molar-refractivity contribution in [3.8, 4) is 5.69 Å². The molecule has 1 amide bonds. The highest BCUT2D eigenvalue weighted by Gasteiger charge is 2.33. The lowest BCUT2D eigenvalue weighted by molar-refractivity contribution is -0.121. The number of likely N-dealkylation sites (N-methyl/N-ethyl adjacent to an activating group) is 1. The summed E-state index contributed by atoms with van der Waals surface area (Å²) in [6.45, 7) is 3.39. The summed E-state index contributed by atoms with van der Waals surface area (Å²) in [6, 6.07) is 10.4. The number of nitrogens with one attached hydrogen (secondary N) is 1. The van der Waals surface area contributed by atoms with Gasteiger partial charge in [0, 0.05) is 42.3 Å². The van der Waals surface area contributed by atoms with Crippen LogP contribution in [-0.2, 0) is 11.2 Å². The van der Waals surface area contributed by atoms with Crippen LogP contribution < -0.4 is 5.32 Å². The molecule has 0 radical (unpaired) electrons. The van der Waals surface area contributed by atoms with Crippen molar-refractivity contribution in [2.45, 2.75) is 25.3 Å². The van der Waals surface area contributed by atoms with E-state index in [0.29, 0.717) is 12.2 Å². The molecule has 5 rings (SSSR count). The predicted molar refractivity (Wildman–Crippen MR) is 129 cm³/mol. The van der Waals surface area contributed by atoms with Crippen LogP contribution >= 0.6 is 11.6 Å². The van der Waals surface area contributed by atoms with Crippen molar-refractivity contribution in [3.63, 3.8) is 0 Å². The van der Waals surface area contributed by atoms with Crippen LogP contribution in [-0.4, -0.2) is 56.7 Å². The summed E-state index contributed by atoms with van der Waals surface area (Å²) in [6.07, 6.45) is 5.42. The number of fused-ring (bicyclic) bond motifs is 1. The Hall–Kier alpha value is -3.36. The number of halogens is 2. The number of nitrogens with zero attached hydrogens (tertiary/aromatic N) is 5. The standard InChI is InChI=1S/C25H24ClFN6O/c1-15-7-19(5-6-28-15)33-24-12-29-18(8-17(24)11-30-33)10-25(34)31-23-14-32(2)13-20(23)16-3-4-22(27)21(26)9-16/h3-9,11-12,20,23H,10,13-14H2,1-2H3,(H,31,34)/t20-,23+/m1/s1. The second-order valence-electron chi connectivity index (χ2n) is 8.80. The number of likely N-dealkylation sites (tertiary alicyclic amines) is 1. The maximum absolute atomic E-state index is 13.6. The molecule has 0 saturated carbocycles. The molecule has 2 atom stereocenters. The third kappa shape index (κ3) is 4.51. The second-order valence-corrected chi connectivity index (χ2v) is 9.21. The number of amides is 1. The molecule has 4 heterocycles. The van der Waals surface area contributed by atoms with Crippen LogP contribution in [0.4, 0.5) is 4.39 Å². The number of rotatable bonds is 5. The molecule has 1 aliphatic rings. The summed E-state index contributed by atoms with van der Waals surface area (Å²) in [5.74, 6) is -0.520. The zero-order valence-corrected chi connectivity index (χ0v) is 19.6. The van der Waals surface area contributed by atoms with E-state index in [0.717, 1.165) is 34.4 Å². The van der Waals surface area contributed by atoms with E-state index in [-0.39, 0.29) is 29.3 Å². The maximum atomic E-state index is 13.6. The molecule has 0 bridgehead atoms. The van der Waals surface area contributed by atoms with Crippen LogP contribution in [0.5, 0.6) is 0 Å². The highest BCUT2D eigenvalue weighted by Crippen LogP contribution is 2.30. The van der Waals surface area contributed by atoms with Gasteiger partial charge in [0.05, 0.1) is 40.7 Å². The number of aromatic nitrogens is 4. The zero-order valence-electron chi connectivity index (χ0n) is 18.9. The van der Waals surface area contributed by atoms with Crippen LogP contribution in [0.15, 0.2) is 55.0 Å². The van der Waals surface area contributed by atoms with Gasteiger partial charge in [-0.05, 0) is 49.9 Å². The normalized spacial score (nSPS) is 18.5. The summed E-state index contributed by atoms with van der Waals surface area (Å²) in [5.41, 5.74) is 4.26. The van der Waals surface area contributed by atoms with Crippen LogP contribution in [0, 0.1) is 12.7 Å². The lowest BCUT2D eigenvalue weighted by atomic mass is 9.94. The highest BCUT2D eigenvalue weighted by molar-refractivity contribution is 6.30. The van der Waals surface area contributed by atoms with Crippen LogP contribution in [0.2, 0.25) is 5.02 Å². The third-order valence-electron chi connectivity index (χ3n) is 6.20. The van der Waals surface area contributed by atoms with Gasteiger partial charge >= 0.3 is 0 Å². The molecule has 1 aromatic carbocycles. The third-order valence-corrected chi connectivity index (χ3v) is 6.49. The Balaban J connectivity index is 1.31. The summed E-state index contributed by atoms with van der Waals surface area (Å²) in [5, 5.41) is 8.62. The fourth-order valence-corrected chi connectivity index (χ4v) is 4.78. The molecule has 0 unspecified atom stereocenters. The number of hydrogen-bond donors (Lipinski definition) is 1. The van der Waals surface area contributed by atoms with Crippen LogP contribution in [0.3, 0.4) is 0 Å². The summed E-state index contributed by atoms with van der Waals surface area (Å²) >= 11 is 5.99. The molecular weight excluding hydrogens is 455 g/mol. The number of hydrogen-bond acceptors (Lipinski definition) is 5. The summed E-state index contributed by atoms with van der Waals surface area (Å²) in [4.78, 5) is 23.8. The quantitative estimate of drug-likeness (QED) is 0.473. The molecule has 1 N–H and O–H groups in total. The van der Waals surface area contributed by atoms with Crippen molar-refractivity contribution in [2.24, 2.45) is 0 Å². The first-order valence-corrected chi connectivity index (χ1v) is 11.4. The van der Waals surface area contributed by atoms with E-state index in [1.165, 1.54) is 6.07 Å². The van der Waals surface area contributed by atoms with Crippen molar-refractivity contribution in [1.29, 1.82) is 0 Å². The van der Waals surface area contributed by atoms with Gasteiger partial charge in [-0.1, -0.05) is 17.7 Å². The minimum atomic E-state index is -0.443. The Morgan fingerprint density at radius 3 is 2.82 bits per heavy atom. The molecule has 34 heavy (non-hydrogen) atoms. The fourth-order valence-electron chi connectivity index (χ4n) is 4.59. The van der Waals surface area contributed by atoms with Crippen LogP contribution in [0.25, 0.3) is 16.6 Å². The Labute approximate surface area is 201 Å². The largest absolute Gasteiger partial charge is 0.351 e. The van der Waals surface area contributed by atoms with Crippen molar-refractivity contribution >= 4 is 28.4 Å². The average molecular weight is 479 g/mol. The Bertz CT molecular complexity index is 1370. The van der Waals surface area contributed by atoms with Gasteiger partial charge in [0.25, 0.3) is 0 Å². The van der Waals surface area contributed by atoms with Gasteiger partial charge in [-0.2, -0.15) is 5.10 Å². The zero-order chi connectivity index (χ0) is 23.8. The smallest absolute Gasteiger partial charge is 0.226 e. The predicted octanol–water partition coefficient (Wildman–Crippen LogP) is 3.67. The van der Waals surface area contributed by atoms with Gasteiger partial charge in [-0.15, -0.1) is 0 Å². The number of carbonyl (C=O) groups excluding carboxylic acids is 1. The minimum Gasteiger partial charge on any atom is -0.351 e. The molecule has 1 saturated heterocycles. The molecule has 3 aromatic heterocycles. The number of aryl methyl sites for hydroxylation is 1. The van der Waals surface area contributed by atoms with Gasteiger partial charge in [0.15, 0.2) is 0 Å². The van der Waals surface area contributed by atoms with Crippen molar-refractivity contribution in [1.82, 2.24) is 30.0 Å². The topological polar surface area (TPSA) is 75.9 Å². The molecule has 0 spiro atoms. The lowest BCUT2D eigenvalue weighted by Gasteiger charge is -2.20. The van der Waals surface area contributed by atoms with Gasteiger partial charge in [-0.25, -0.2) is 9.07 Å². The van der Waals surface area contributed by atoms with E-state index in [4.69, 9.17) is 11.6 Å². The number of pyridine rings is 2. The van der Waals surface area contributed by atoms with E-state index in [2.05, 4.69) is 25.3 Å². The molecule has 0 aliphatic carbocycles. The first-order chi connectivity index (χ1) is 16.4. The van der Waals surface area contributed by atoms with E-state index < -0.39 is 5.82 Å². The van der Waals surface area contributed by atoms with E-state index >= 15 is 0 Å². The Kier molecular flexibility index (Phi) is 6.02. The minimum absolute atomic E-state index is 0.0320. The van der Waals surface area contributed by atoms with E-state index in [1.807, 2.05) is 36.9 Å². The Morgan fingerprint density at radius 1 is 1.18 bits per heavy atom. The number of carbonyl (C=O) groups is 1. The van der Waals surface area contributed by atoms with Gasteiger partial charge in [0.2, 0.25) is 5.91 Å². The molecule has 174 valence electrons.